The second-order valence-corrected chi connectivity index (χ2v) is 9.32. The Morgan fingerprint density at radius 1 is 1.23 bits per heavy atom. The van der Waals surface area contributed by atoms with Gasteiger partial charge in [0, 0.05) is 44.5 Å². The van der Waals surface area contributed by atoms with Gasteiger partial charge >= 0.3 is 5.97 Å². The number of hydrogen-bond donors (Lipinski definition) is 1. The molecule has 1 saturated heterocycles. The first-order valence-corrected chi connectivity index (χ1v) is 11.5. The number of carbonyl (C=O) groups excluding carboxylic acids is 1. The van der Waals surface area contributed by atoms with Gasteiger partial charge < -0.3 is 19.7 Å². The number of fused-ring (bicyclic) bond motifs is 2. The third kappa shape index (κ3) is 3.56. The summed E-state index contributed by atoms with van der Waals surface area (Å²) in [5, 5.41) is 3.52. The van der Waals surface area contributed by atoms with Gasteiger partial charge in [0.15, 0.2) is 0 Å². The molecule has 158 valence electrons. The van der Waals surface area contributed by atoms with Crippen molar-refractivity contribution in [2.75, 3.05) is 36.3 Å². The van der Waals surface area contributed by atoms with Crippen LogP contribution in [0.1, 0.15) is 40.0 Å². The lowest BCUT2D eigenvalue weighted by molar-refractivity contribution is 0.0600. The van der Waals surface area contributed by atoms with Gasteiger partial charge in [-0.25, -0.2) is 9.78 Å². The molecule has 30 heavy (non-hydrogen) atoms. The predicted molar refractivity (Wildman–Crippen MR) is 112 cm³/mol. The van der Waals surface area contributed by atoms with Crippen LogP contribution in [0, 0.1) is 0 Å². The number of benzene rings is 1. The van der Waals surface area contributed by atoms with Crippen molar-refractivity contribution in [1.82, 2.24) is 9.97 Å². The Kier molecular flexibility index (Phi) is 5.16. The van der Waals surface area contributed by atoms with Gasteiger partial charge in [0.25, 0.3) is 0 Å². The van der Waals surface area contributed by atoms with E-state index in [2.05, 4.69) is 10.2 Å². The minimum Gasteiger partial charge on any atom is -0.465 e. The summed E-state index contributed by atoms with van der Waals surface area (Å²) in [6.45, 7) is 2.75. The normalized spacial score (nSPS) is 20.7. The Balaban J connectivity index is 1.44. The molecular weight excluding hydrogens is 404 g/mol. The van der Waals surface area contributed by atoms with Crippen molar-refractivity contribution in [3.05, 3.63) is 40.6 Å². The number of methoxy groups -OCH3 is 1. The van der Waals surface area contributed by atoms with Gasteiger partial charge in [-0.1, -0.05) is 6.07 Å². The van der Waals surface area contributed by atoms with E-state index in [4.69, 9.17) is 19.4 Å². The molecule has 0 amide bonds. The summed E-state index contributed by atoms with van der Waals surface area (Å²) in [7, 11) is 0.325. The molecule has 1 atom stereocenters. The maximum absolute atomic E-state index is 12.6. The zero-order valence-electron chi connectivity index (χ0n) is 16.8. The van der Waals surface area contributed by atoms with Gasteiger partial charge in [-0.3, -0.25) is 4.21 Å². The van der Waals surface area contributed by atoms with E-state index in [-0.39, 0.29) is 12.0 Å². The van der Waals surface area contributed by atoms with Crippen molar-refractivity contribution in [1.29, 1.82) is 0 Å². The van der Waals surface area contributed by atoms with Crippen LogP contribution in [-0.2, 0) is 39.8 Å². The number of rotatable bonds is 4. The van der Waals surface area contributed by atoms with E-state index in [9.17, 15) is 9.00 Å². The van der Waals surface area contributed by atoms with Gasteiger partial charge in [0.1, 0.15) is 10.7 Å². The number of aryl methyl sites for hydroxylation is 1. The fourth-order valence-electron chi connectivity index (χ4n) is 4.24. The van der Waals surface area contributed by atoms with Gasteiger partial charge in [-0.05, 0) is 36.1 Å². The lowest BCUT2D eigenvalue weighted by Gasteiger charge is -2.25. The van der Waals surface area contributed by atoms with Gasteiger partial charge in [0.2, 0.25) is 5.95 Å². The second kappa shape index (κ2) is 7.96. The number of ether oxygens (including phenoxy) is 2. The van der Waals surface area contributed by atoms with Crippen LogP contribution in [0.2, 0.25) is 0 Å². The number of nitrogens with one attached hydrogen (secondary N) is 1. The van der Waals surface area contributed by atoms with Crippen LogP contribution in [0.5, 0.6) is 0 Å². The molecular formula is C21H24N4O4S. The molecule has 2 aromatic rings. The summed E-state index contributed by atoms with van der Waals surface area (Å²) < 4.78 is 22.9. The summed E-state index contributed by atoms with van der Waals surface area (Å²) >= 11 is 0. The Labute approximate surface area is 177 Å². The first-order valence-electron chi connectivity index (χ1n) is 10.2. The largest absolute Gasteiger partial charge is 0.465 e. The Morgan fingerprint density at radius 3 is 2.83 bits per heavy atom. The molecule has 9 heteroatoms. The molecule has 1 N–H and O–H groups in total. The molecule has 3 aliphatic rings. The van der Waals surface area contributed by atoms with Crippen molar-refractivity contribution >= 4 is 28.5 Å². The number of hydrogen-bond acceptors (Lipinski definition) is 8. The van der Waals surface area contributed by atoms with E-state index < -0.39 is 10.8 Å². The van der Waals surface area contributed by atoms with Crippen molar-refractivity contribution in [3.8, 4) is 0 Å². The van der Waals surface area contributed by atoms with Crippen LogP contribution >= 0.6 is 0 Å². The number of esters is 1. The molecule has 0 bridgehead atoms. The Bertz CT molecular complexity index is 1020. The highest BCUT2D eigenvalue weighted by atomic mass is 32.2. The number of carbonyl (C=O) groups is 1. The third-order valence-electron chi connectivity index (χ3n) is 5.87. The molecule has 1 aromatic carbocycles. The number of aromatic nitrogens is 2. The molecule has 1 aromatic heterocycles. The zero-order valence-corrected chi connectivity index (χ0v) is 17.7. The van der Waals surface area contributed by atoms with Crippen LogP contribution in [0.15, 0.2) is 23.1 Å². The average Bonchev–Trinajstić information content (AvgIpc) is 3.37. The van der Waals surface area contributed by atoms with Crippen LogP contribution in [-0.4, -0.2) is 52.3 Å². The highest BCUT2D eigenvalue weighted by molar-refractivity contribution is 7.85. The van der Waals surface area contributed by atoms with Crippen molar-refractivity contribution in [2.45, 2.75) is 43.3 Å². The van der Waals surface area contributed by atoms with E-state index in [1.165, 1.54) is 7.11 Å². The fraction of sp³-hybridized carbons (Fsp3) is 0.476. The average molecular weight is 429 g/mol. The smallest absolute Gasteiger partial charge is 0.337 e. The van der Waals surface area contributed by atoms with Gasteiger partial charge in [-0.15, -0.1) is 0 Å². The van der Waals surface area contributed by atoms with E-state index in [0.29, 0.717) is 42.6 Å². The maximum Gasteiger partial charge on any atom is 0.337 e. The quantitative estimate of drug-likeness (QED) is 0.740. The molecule has 4 heterocycles. The van der Waals surface area contributed by atoms with Crippen LogP contribution in [0.25, 0.3) is 0 Å². The molecule has 3 aliphatic heterocycles. The standard InChI is InChI=1S/C21H24N4O4S/c1-28-20(26)13-2-3-14-11-25(12-15(14)10-13)21-23-17-6-9-30(27)18(17)19(24-21)22-16-4-7-29-8-5-16/h2-3,10,16H,4-9,11-12H2,1H3,(H,22,23,24)/t30-/m1/s1. The SMILES string of the molecule is COC(=O)c1ccc2c(c1)CN(c1nc3c(c(NC4CCOCC4)n1)[S@](=O)CC3)C2. The maximum atomic E-state index is 12.6. The minimum absolute atomic E-state index is 0.265. The highest BCUT2D eigenvalue weighted by Crippen LogP contribution is 2.34. The molecule has 5 rings (SSSR count). The fourth-order valence-corrected chi connectivity index (χ4v) is 5.55. The summed E-state index contributed by atoms with van der Waals surface area (Å²) in [6.07, 6.45) is 2.52. The first-order chi connectivity index (χ1) is 14.6. The molecule has 0 saturated carbocycles. The number of anilines is 2. The van der Waals surface area contributed by atoms with Crippen molar-refractivity contribution < 1.29 is 18.5 Å². The summed E-state index contributed by atoms with van der Waals surface area (Å²) in [4.78, 5) is 24.3. The molecule has 0 aliphatic carbocycles. The van der Waals surface area contributed by atoms with Crippen LogP contribution in [0.4, 0.5) is 11.8 Å². The van der Waals surface area contributed by atoms with Crippen molar-refractivity contribution in [3.63, 3.8) is 0 Å². The Hall–Kier alpha value is -2.52. The first kappa shape index (κ1) is 19.4. The van der Waals surface area contributed by atoms with E-state index in [0.717, 1.165) is 47.8 Å². The van der Waals surface area contributed by atoms with Crippen molar-refractivity contribution in [2.24, 2.45) is 0 Å². The molecule has 1 fully saturated rings. The van der Waals surface area contributed by atoms with Gasteiger partial charge in [0.05, 0.1) is 29.2 Å². The monoisotopic (exact) mass is 428 g/mol. The third-order valence-corrected chi connectivity index (χ3v) is 7.33. The van der Waals surface area contributed by atoms with E-state index >= 15 is 0 Å². The van der Waals surface area contributed by atoms with Gasteiger partial charge in [-0.2, -0.15) is 4.98 Å². The molecule has 8 nitrogen and oxygen atoms in total. The summed E-state index contributed by atoms with van der Waals surface area (Å²) in [6, 6.07) is 5.90. The van der Waals surface area contributed by atoms with Crippen LogP contribution < -0.4 is 10.2 Å². The number of nitrogens with zero attached hydrogens (tertiary/aromatic N) is 3. The van der Waals surface area contributed by atoms with E-state index in [1.54, 1.807) is 6.07 Å². The summed E-state index contributed by atoms with van der Waals surface area (Å²) in [5.74, 6) is 1.59. The lowest BCUT2D eigenvalue weighted by atomic mass is 10.1. The highest BCUT2D eigenvalue weighted by Gasteiger charge is 2.30. The topological polar surface area (TPSA) is 93.7 Å². The minimum atomic E-state index is -1.06. The molecule has 0 radical (unpaired) electrons. The Morgan fingerprint density at radius 2 is 2.03 bits per heavy atom. The summed E-state index contributed by atoms with van der Waals surface area (Å²) in [5.41, 5.74) is 3.64. The predicted octanol–water partition coefficient (Wildman–Crippen LogP) is 2.04. The van der Waals surface area contributed by atoms with Crippen LogP contribution in [0.3, 0.4) is 0 Å². The van der Waals surface area contributed by atoms with E-state index in [1.807, 2.05) is 12.1 Å². The lowest BCUT2D eigenvalue weighted by Crippen LogP contribution is -2.29. The second-order valence-electron chi connectivity index (χ2n) is 7.81. The zero-order chi connectivity index (χ0) is 20.7. The molecule has 0 spiro atoms. The molecule has 0 unspecified atom stereocenters.